The second-order valence-electron chi connectivity index (χ2n) is 3.38. The van der Waals surface area contributed by atoms with E-state index in [1.165, 1.54) is 0 Å². The van der Waals surface area contributed by atoms with Gasteiger partial charge in [0.1, 0.15) is 5.75 Å². The molecular weight excluding hydrogens is 331 g/mol. The lowest BCUT2D eigenvalue weighted by molar-refractivity contribution is 0.445. The highest BCUT2D eigenvalue weighted by Crippen LogP contribution is 2.18. The van der Waals surface area contributed by atoms with Crippen molar-refractivity contribution in [2.75, 3.05) is 0 Å². The summed E-state index contributed by atoms with van der Waals surface area (Å²) >= 11 is 2.19. The Hall–Kier alpha value is -1.37. The average molecular weight is 342 g/mol. The topological polar surface area (TPSA) is 44.1 Å². The summed E-state index contributed by atoms with van der Waals surface area (Å²) in [5, 5.41) is 0. The van der Waals surface area contributed by atoms with Gasteiger partial charge in [0.25, 0.3) is 5.88 Å². The molecule has 0 aliphatic rings. The average Bonchev–Trinajstić information content (AvgIpc) is 2.32. The van der Waals surface area contributed by atoms with E-state index in [9.17, 15) is 4.79 Å². The molecule has 5 heteroatoms. The lowest BCUT2D eigenvalue weighted by atomic mass is 10.3. The molecule has 0 atom stereocenters. The lowest BCUT2D eigenvalue weighted by Gasteiger charge is -2.06. The summed E-state index contributed by atoms with van der Waals surface area (Å²) in [6.07, 6.45) is 3.21. The van der Waals surface area contributed by atoms with Crippen LogP contribution < -0.4 is 10.3 Å². The third-order valence-electron chi connectivity index (χ3n) is 2.23. The molecule has 17 heavy (non-hydrogen) atoms. The van der Waals surface area contributed by atoms with Crippen molar-refractivity contribution in [1.82, 2.24) is 9.55 Å². The molecule has 4 nitrogen and oxygen atoms in total. The fourth-order valence-corrected chi connectivity index (χ4v) is 1.90. The summed E-state index contributed by atoms with van der Waals surface area (Å²) in [7, 11) is 0. The van der Waals surface area contributed by atoms with E-state index in [1.54, 1.807) is 23.0 Å². The van der Waals surface area contributed by atoms with E-state index in [4.69, 9.17) is 4.74 Å². The van der Waals surface area contributed by atoms with Gasteiger partial charge in [-0.25, -0.2) is 4.98 Å². The Labute approximate surface area is 112 Å². The van der Waals surface area contributed by atoms with Crippen molar-refractivity contribution in [3.05, 3.63) is 50.6 Å². The molecule has 2 aromatic rings. The van der Waals surface area contributed by atoms with Crippen molar-refractivity contribution >= 4 is 22.6 Å². The molecule has 1 heterocycles. The van der Waals surface area contributed by atoms with Crippen LogP contribution >= 0.6 is 22.6 Å². The van der Waals surface area contributed by atoms with Gasteiger partial charge >= 0.3 is 5.56 Å². The van der Waals surface area contributed by atoms with Crippen LogP contribution in [0.25, 0.3) is 0 Å². The maximum Gasteiger partial charge on any atom is 0.313 e. The first-order valence-corrected chi connectivity index (χ1v) is 6.27. The molecular formula is C12H11IN2O2. The largest absolute Gasteiger partial charge is 0.435 e. The van der Waals surface area contributed by atoms with Gasteiger partial charge in [-0.1, -0.05) is 6.07 Å². The van der Waals surface area contributed by atoms with Crippen LogP contribution in [0.4, 0.5) is 0 Å². The van der Waals surface area contributed by atoms with Crippen LogP contribution in [0, 0.1) is 3.57 Å². The minimum Gasteiger partial charge on any atom is -0.435 e. The van der Waals surface area contributed by atoms with E-state index in [0.29, 0.717) is 12.3 Å². The predicted molar refractivity (Wildman–Crippen MR) is 73.4 cm³/mol. The van der Waals surface area contributed by atoms with Gasteiger partial charge in [-0.3, -0.25) is 4.79 Å². The molecule has 0 spiro atoms. The fourth-order valence-electron chi connectivity index (χ4n) is 1.39. The molecule has 0 aliphatic carbocycles. The van der Waals surface area contributed by atoms with Crippen molar-refractivity contribution in [2.24, 2.45) is 0 Å². The van der Waals surface area contributed by atoms with Crippen LogP contribution in [0.3, 0.4) is 0 Å². The zero-order chi connectivity index (χ0) is 12.3. The molecule has 0 N–H and O–H groups in total. The third kappa shape index (κ3) is 2.85. The van der Waals surface area contributed by atoms with E-state index in [1.807, 2.05) is 25.1 Å². The van der Waals surface area contributed by atoms with Gasteiger partial charge in [0.05, 0.1) is 0 Å². The highest BCUT2D eigenvalue weighted by atomic mass is 127. The van der Waals surface area contributed by atoms with Crippen molar-refractivity contribution in [1.29, 1.82) is 0 Å². The van der Waals surface area contributed by atoms with Gasteiger partial charge in [0.2, 0.25) is 0 Å². The number of ether oxygens (including phenoxy) is 1. The summed E-state index contributed by atoms with van der Waals surface area (Å²) in [4.78, 5) is 15.8. The molecule has 2 rings (SSSR count). The Bertz CT molecular complexity index is 581. The molecule has 0 aliphatic heterocycles. The molecule has 0 saturated heterocycles. The van der Waals surface area contributed by atoms with Crippen molar-refractivity contribution < 1.29 is 4.74 Å². The highest BCUT2D eigenvalue weighted by molar-refractivity contribution is 14.1. The van der Waals surface area contributed by atoms with Crippen LogP contribution in [0.2, 0.25) is 0 Å². The molecule has 1 aromatic heterocycles. The summed E-state index contributed by atoms with van der Waals surface area (Å²) in [5.41, 5.74) is -0.214. The number of nitrogens with zero attached hydrogens (tertiary/aromatic N) is 2. The molecule has 0 saturated carbocycles. The normalized spacial score (nSPS) is 10.2. The first-order chi connectivity index (χ1) is 8.20. The molecule has 0 unspecified atom stereocenters. The summed E-state index contributed by atoms with van der Waals surface area (Å²) in [6.45, 7) is 2.50. The van der Waals surface area contributed by atoms with Gasteiger partial charge in [0.15, 0.2) is 0 Å². The number of benzene rings is 1. The molecule has 0 bridgehead atoms. The standard InChI is InChI=1S/C12H11IN2O2/c1-2-15-7-6-14-11(12(15)16)17-10-5-3-4-9(13)8-10/h3-8H,2H2,1H3. The first kappa shape index (κ1) is 12.1. The number of aryl methyl sites for hydroxylation is 1. The SMILES string of the molecule is CCn1ccnc(Oc2cccc(I)c2)c1=O. The molecule has 0 fully saturated rings. The van der Waals surface area contributed by atoms with Gasteiger partial charge < -0.3 is 9.30 Å². The second-order valence-corrected chi connectivity index (χ2v) is 4.63. The molecule has 88 valence electrons. The van der Waals surface area contributed by atoms with Crippen LogP contribution in [0.5, 0.6) is 11.6 Å². The van der Waals surface area contributed by atoms with E-state index < -0.39 is 0 Å². The monoisotopic (exact) mass is 342 g/mol. The Morgan fingerprint density at radius 2 is 2.29 bits per heavy atom. The van der Waals surface area contributed by atoms with Crippen LogP contribution in [-0.2, 0) is 6.54 Å². The minimum absolute atomic E-state index is 0.108. The molecule has 0 radical (unpaired) electrons. The minimum atomic E-state index is -0.214. The van der Waals surface area contributed by atoms with E-state index in [2.05, 4.69) is 27.6 Å². The smallest absolute Gasteiger partial charge is 0.313 e. The van der Waals surface area contributed by atoms with Crippen LogP contribution in [0.15, 0.2) is 41.5 Å². The lowest BCUT2D eigenvalue weighted by Crippen LogP contribution is -2.20. The Morgan fingerprint density at radius 1 is 1.47 bits per heavy atom. The number of hydrogen-bond acceptors (Lipinski definition) is 3. The Morgan fingerprint density at radius 3 is 3.00 bits per heavy atom. The van der Waals surface area contributed by atoms with Crippen molar-refractivity contribution in [3.63, 3.8) is 0 Å². The summed E-state index contributed by atoms with van der Waals surface area (Å²) in [5.74, 6) is 0.728. The second kappa shape index (κ2) is 5.31. The van der Waals surface area contributed by atoms with Crippen molar-refractivity contribution in [2.45, 2.75) is 13.5 Å². The highest BCUT2D eigenvalue weighted by Gasteiger charge is 2.06. The number of aromatic nitrogens is 2. The van der Waals surface area contributed by atoms with Gasteiger partial charge in [-0.05, 0) is 47.7 Å². The zero-order valence-electron chi connectivity index (χ0n) is 9.26. The Kier molecular flexibility index (Phi) is 3.78. The Balaban J connectivity index is 2.34. The van der Waals surface area contributed by atoms with Crippen LogP contribution in [-0.4, -0.2) is 9.55 Å². The van der Waals surface area contributed by atoms with E-state index >= 15 is 0 Å². The van der Waals surface area contributed by atoms with Gasteiger partial charge in [-0.15, -0.1) is 0 Å². The van der Waals surface area contributed by atoms with E-state index in [-0.39, 0.29) is 11.4 Å². The summed E-state index contributed by atoms with van der Waals surface area (Å²) < 4.78 is 8.08. The van der Waals surface area contributed by atoms with Crippen LogP contribution in [0.1, 0.15) is 6.92 Å². The molecule has 0 amide bonds. The summed E-state index contributed by atoms with van der Waals surface area (Å²) in [6, 6.07) is 7.48. The molecule has 1 aromatic carbocycles. The number of halogens is 1. The maximum absolute atomic E-state index is 11.9. The zero-order valence-corrected chi connectivity index (χ0v) is 11.4. The quantitative estimate of drug-likeness (QED) is 0.806. The first-order valence-electron chi connectivity index (χ1n) is 5.19. The maximum atomic E-state index is 11.9. The predicted octanol–water partition coefficient (Wildman–Crippen LogP) is 2.66. The number of hydrogen-bond donors (Lipinski definition) is 0. The van der Waals surface area contributed by atoms with Gasteiger partial charge in [0, 0.05) is 22.5 Å². The number of rotatable bonds is 3. The fraction of sp³-hybridized carbons (Fsp3) is 0.167. The van der Waals surface area contributed by atoms with E-state index in [0.717, 1.165) is 3.57 Å². The van der Waals surface area contributed by atoms with Crippen molar-refractivity contribution in [3.8, 4) is 11.6 Å². The third-order valence-corrected chi connectivity index (χ3v) is 2.90. The van der Waals surface area contributed by atoms with Gasteiger partial charge in [-0.2, -0.15) is 0 Å².